The van der Waals surface area contributed by atoms with Gasteiger partial charge in [0.05, 0.1) is 0 Å². The third-order valence-corrected chi connectivity index (χ3v) is 2.90. The van der Waals surface area contributed by atoms with E-state index in [9.17, 15) is 13.2 Å². The van der Waals surface area contributed by atoms with Crippen LogP contribution in [0.1, 0.15) is 24.4 Å². The van der Waals surface area contributed by atoms with Gasteiger partial charge in [0.15, 0.2) is 0 Å². The molecule has 112 valence electrons. The average molecular weight is 296 g/mol. The molecule has 7 heteroatoms. The van der Waals surface area contributed by atoms with Crippen LogP contribution >= 0.6 is 0 Å². The van der Waals surface area contributed by atoms with Crippen molar-refractivity contribution in [3.8, 4) is 0 Å². The monoisotopic (exact) mass is 296 g/mol. The third kappa shape index (κ3) is 3.84. The Morgan fingerprint density at radius 1 is 1.05 bits per heavy atom. The highest BCUT2D eigenvalue weighted by Gasteiger charge is 2.35. The minimum Gasteiger partial charge on any atom is -0.373 e. The molecular formula is C14H15F3N4. The molecule has 0 aliphatic heterocycles. The van der Waals surface area contributed by atoms with Gasteiger partial charge in [-0.05, 0) is 12.5 Å². The van der Waals surface area contributed by atoms with E-state index in [0.29, 0.717) is 0 Å². The first kappa shape index (κ1) is 15.1. The Labute approximate surface area is 120 Å². The van der Waals surface area contributed by atoms with E-state index in [1.165, 1.54) is 13.1 Å². The van der Waals surface area contributed by atoms with Crippen molar-refractivity contribution in [1.29, 1.82) is 0 Å². The molecule has 0 spiro atoms. The Kier molecular flexibility index (Phi) is 4.30. The molecule has 0 fully saturated rings. The highest BCUT2D eigenvalue weighted by molar-refractivity contribution is 5.48. The molecule has 0 amide bonds. The quantitative estimate of drug-likeness (QED) is 0.903. The fourth-order valence-electron chi connectivity index (χ4n) is 1.82. The van der Waals surface area contributed by atoms with E-state index >= 15 is 0 Å². The molecule has 0 aliphatic rings. The predicted molar refractivity (Wildman–Crippen MR) is 75.1 cm³/mol. The van der Waals surface area contributed by atoms with Crippen LogP contribution in [-0.2, 0) is 6.18 Å². The lowest BCUT2D eigenvalue weighted by Gasteiger charge is -2.16. The van der Waals surface area contributed by atoms with E-state index in [0.717, 1.165) is 5.56 Å². The van der Waals surface area contributed by atoms with Gasteiger partial charge in [0.2, 0.25) is 5.82 Å². The van der Waals surface area contributed by atoms with E-state index in [1.54, 1.807) is 0 Å². The molecule has 1 aromatic heterocycles. The minimum atomic E-state index is -4.58. The lowest BCUT2D eigenvalue weighted by atomic mass is 10.1. The van der Waals surface area contributed by atoms with Gasteiger partial charge in [0.25, 0.3) is 0 Å². The normalized spacial score (nSPS) is 12.8. The average Bonchev–Trinajstić information content (AvgIpc) is 2.46. The fourth-order valence-corrected chi connectivity index (χ4v) is 1.82. The van der Waals surface area contributed by atoms with Crippen LogP contribution in [0.4, 0.5) is 24.8 Å². The van der Waals surface area contributed by atoms with Gasteiger partial charge in [-0.1, -0.05) is 30.3 Å². The van der Waals surface area contributed by atoms with Crippen molar-refractivity contribution in [1.82, 2.24) is 9.97 Å². The molecule has 0 saturated heterocycles. The number of hydrogen-bond acceptors (Lipinski definition) is 4. The van der Waals surface area contributed by atoms with Crippen molar-refractivity contribution < 1.29 is 13.2 Å². The van der Waals surface area contributed by atoms with Crippen LogP contribution in [-0.4, -0.2) is 17.0 Å². The van der Waals surface area contributed by atoms with E-state index in [2.05, 4.69) is 20.6 Å². The Bertz CT molecular complexity index is 599. The van der Waals surface area contributed by atoms with E-state index in [1.807, 2.05) is 37.3 Å². The molecule has 1 atom stereocenters. The standard InChI is InChI=1S/C14H15F3N4/c1-9(10-6-4-3-5-7-10)19-12-8-11(18-2)20-13(21-12)14(15,16)17/h3-9H,1-2H3,(H2,18,19,20,21). The minimum absolute atomic E-state index is 0.111. The van der Waals surface area contributed by atoms with Crippen molar-refractivity contribution in [2.45, 2.75) is 19.1 Å². The predicted octanol–water partition coefficient (Wildman–Crippen LogP) is 3.71. The van der Waals surface area contributed by atoms with Crippen molar-refractivity contribution in [3.05, 3.63) is 47.8 Å². The summed E-state index contributed by atoms with van der Waals surface area (Å²) in [6.07, 6.45) is -4.58. The van der Waals surface area contributed by atoms with Crippen LogP contribution in [0.25, 0.3) is 0 Å². The van der Waals surface area contributed by atoms with Gasteiger partial charge < -0.3 is 10.6 Å². The first-order valence-electron chi connectivity index (χ1n) is 6.35. The number of nitrogens with zero attached hydrogens (tertiary/aromatic N) is 2. The maximum atomic E-state index is 12.8. The molecule has 1 heterocycles. The second-order valence-corrected chi connectivity index (χ2v) is 4.49. The molecule has 2 rings (SSSR count). The molecule has 1 unspecified atom stereocenters. The number of benzene rings is 1. The fraction of sp³-hybridized carbons (Fsp3) is 0.286. The Morgan fingerprint density at radius 3 is 2.24 bits per heavy atom. The van der Waals surface area contributed by atoms with Crippen molar-refractivity contribution >= 4 is 11.6 Å². The Balaban J connectivity index is 2.27. The molecule has 0 aliphatic carbocycles. The molecule has 2 N–H and O–H groups in total. The van der Waals surface area contributed by atoms with Crippen LogP contribution in [0.3, 0.4) is 0 Å². The van der Waals surface area contributed by atoms with E-state index < -0.39 is 12.0 Å². The summed E-state index contributed by atoms with van der Waals surface area (Å²) in [4.78, 5) is 6.95. The molecule has 1 aromatic carbocycles. The number of hydrogen-bond donors (Lipinski definition) is 2. The SMILES string of the molecule is CNc1cc(NC(C)c2ccccc2)nc(C(F)(F)F)n1. The largest absolute Gasteiger partial charge is 0.451 e. The summed E-state index contributed by atoms with van der Waals surface area (Å²) in [6, 6.07) is 10.7. The van der Waals surface area contributed by atoms with Crippen LogP contribution in [0.2, 0.25) is 0 Å². The van der Waals surface area contributed by atoms with Gasteiger partial charge in [-0.2, -0.15) is 13.2 Å². The molecule has 21 heavy (non-hydrogen) atoms. The zero-order chi connectivity index (χ0) is 15.5. The maximum Gasteiger partial charge on any atom is 0.451 e. The zero-order valence-electron chi connectivity index (χ0n) is 11.6. The summed E-state index contributed by atoms with van der Waals surface area (Å²) >= 11 is 0. The number of alkyl halides is 3. The summed E-state index contributed by atoms with van der Waals surface area (Å²) in [5.41, 5.74) is 0.954. The number of anilines is 2. The number of rotatable bonds is 4. The van der Waals surface area contributed by atoms with Gasteiger partial charge in [-0.3, -0.25) is 0 Å². The summed E-state index contributed by atoms with van der Waals surface area (Å²) in [5.74, 6) is -0.935. The van der Waals surface area contributed by atoms with Crippen molar-refractivity contribution in [3.63, 3.8) is 0 Å². The molecule has 4 nitrogen and oxygen atoms in total. The Hall–Kier alpha value is -2.31. The van der Waals surface area contributed by atoms with Crippen LogP contribution in [0.5, 0.6) is 0 Å². The zero-order valence-corrected chi connectivity index (χ0v) is 11.6. The van der Waals surface area contributed by atoms with Crippen LogP contribution in [0, 0.1) is 0 Å². The summed E-state index contributed by atoms with van der Waals surface area (Å²) in [5, 5.41) is 5.56. The summed E-state index contributed by atoms with van der Waals surface area (Å²) in [6.45, 7) is 1.85. The highest BCUT2D eigenvalue weighted by Crippen LogP contribution is 2.29. The molecule has 0 saturated carbocycles. The topological polar surface area (TPSA) is 49.8 Å². The van der Waals surface area contributed by atoms with Crippen molar-refractivity contribution in [2.24, 2.45) is 0 Å². The van der Waals surface area contributed by atoms with Gasteiger partial charge in [0, 0.05) is 19.2 Å². The van der Waals surface area contributed by atoms with Gasteiger partial charge >= 0.3 is 6.18 Å². The van der Waals surface area contributed by atoms with E-state index in [4.69, 9.17) is 0 Å². The third-order valence-electron chi connectivity index (χ3n) is 2.90. The van der Waals surface area contributed by atoms with Crippen molar-refractivity contribution in [2.75, 3.05) is 17.7 Å². The maximum absolute atomic E-state index is 12.8. The Morgan fingerprint density at radius 2 is 1.67 bits per heavy atom. The smallest absolute Gasteiger partial charge is 0.373 e. The highest BCUT2D eigenvalue weighted by atomic mass is 19.4. The number of aromatic nitrogens is 2. The first-order valence-corrected chi connectivity index (χ1v) is 6.35. The summed E-state index contributed by atoms with van der Waals surface area (Å²) in [7, 11) is 1.51. The van der Waals surface area contributed by atoms with Gasteiger partial charge in [-0.25, -0.2) is 9.97 Å². The molecule has 0 radical (unpaired) electrons. The van der Waals surface area contributed by atoms with Gasteiger partial charge in [-0.15, -0.1) is 0 Å². The second kappa shape index (κ2) is 5.99. The van der Waals surface area contributed by atoms with Crippen LogP contribution in [0.15, 0.2) is 36.4 Å². The van der Waals surface area contributed by atoms with E-state index in [-0.39, 0.29) is 17.7 Å². The number of halogens is 3. The second-order valence-electron chi connectivity index (χ2n) is 4.49. The first-order chi connectivity index (χ1) is 9.90. The molecule has 2 aromatic rings. The lowest BCUT2D eigenvalue weighted by Crippen LogP contribution is -2.15. The summed E-state index contributed by atoms with van der Waals surface area (Å²) < 4.78 is 38.3. The van der Waals surface area contributed by atoms with Gasteiger partial charge in [0.1, 0.15) is 11.6 Å². The van der Waals surface area contributed by atoms with Crippen LogP contribution < -0.4 is 10.6 Å². The molecular weight excluding hydrogens is 281 g/mol. The molecule has 0 bridgehead atoms. The number of nitrogens with one attached hydrogen (secondary N) is 2. The lowest BCUT2D eigenvalue weighted by molar-refractivity contribution is -0.144.